The number of oxime groups is 1. The van der Waals surface area contributed by atoms with Crippen LogP contribution in [0.2, 0.25) is 0 Å². The zero-order valence-corrected chi connectivity index (χ0v) is 21.0. The van der Waals surface area contributed by atoms with E-state index in [-0.39, 0.29) is 11.7 Å². The summed E-state index contributed by atoms with van der Waals surface area (Å²) in [7, 11) is 1.28. The van der Waals surface area contributed by atoms with Crippen LogP contribution in [-0.4, -0.2) is 56.5 Å². The van der Waals surface area contributed by atoms with Crippen LogP contribution < -0.4 is 5.56 Å². The Morgan fingerprint density at radius 3 is 2.25 bits per heavy atom. The van der Waals surface area contributed by atoms with Crippen molar-refractivity contribution < 1.29 is 14.7 Å². The molecular weight excluding hydrogens is 456 g/mol. The van der Waals surface area contributed by atoms with Crippen molar-refractivity contribution in [1.29, 1.82) is 0 Å². The maximum Gasteiger partial charge on any atom is 0.360 e. The summed E-state index contributed by atoms with van der Waals surface area (Å²) < 4.78 is 1.81. The van der Waals surface area contributed by atoms with E-state index in [1.165, 1.54) is 64.9 Å². The Morgan fingerprint density at radius 2 is 1.61 bits per heavy atom. The normalized spacial score (nSPS) is 32.9. The molecule has 0 spiro atoms. The molecule has 6 atom stereocenters. The SMILES string of the molecule is CO/N=C(\C(=O)O)c1nc2ccccc2n([C@H]2C[C@H]3CC[C@@H](C2)N3C2C[C@H]3CCCC[C@@H](C2)C3)c1=O. The van der Waals surface area contributed by atoms with Crippen LogP contribution in [0.4, 0.5) is 0 Å². The predicted octanol–water partition coefficient (Wildman–Crippen LogP) is 4.36. The summed E-state index contributed by atoms with van der Waals surface area (Å²) in [5, 5.41) is 13.3. The van der Waals surface area contributed by atoms with E-state index in [1.54, 1.807) is 0 Å². The van der Waals surface area contributed by atoms with Gasteiger partial charge in [0, 0.05) is 24.2 Å². The minimum atomic E-state index is -1.32. The molecule has 36 heavy (non-hydrogen) atoms. The molecule has 0 radical (unpaired) electrons. The molecule has 4 fully saturated rings. The second-order valence-corrected chi connectivity index (χ2v) is 11.4. The van der Waals surface area contributed by atoms with E-state index in [1.807, 2.05) is 28.8 Å². The minimum absolute atomic E-state index is 0.0151. The Balaban J connectivity index is 1.34. The Morgan fingerprint density at radius 1 is 0.944 bits per heavy atom. The quantitative estimate of drug-likeness (QED) is 0.492. The van der Waals surface area contributed by atoms with E-state index < -0.39 is 17.2 Å². The van der Waals surface area contributed by atoms with Gasteiger partial charge in [0.25, 0.3) is 5.56 Å². The van der Waals surface area contributed by atoms with Crippen molar-refractivity contribution in [3.05, 3.63) is 40.3 Å². The Bertz CT molecular complexity index is 1210. The van der Waals surface area contributed by atoms with Gasteiger partial charge < -0.3 is 14.5 Å². The maximum absolute atomic E-state index is 13.8. The summed E-state index contributed by atoms with van der Waals surface area (Å²) in [4.78, 5) is 37.7. The molecule has 0 amide bonds. The Hall–Kier alpha value is -2.74. The zero-order valence-electron chi connectivity index (χ0n) is 21.0. The zero-order chi connectivity index (χ0) is 24.8. The Kier molecular flexibility index (Phi) is 6.32. The molecule has 6 rings (SSSR count). The summed E-state index contributed by atoms with van der Waals surface area (Å²) in [5.74, 6) is 0.450. The molecule has 2 aromatic rings. The lowest BCUT2D eigenvalue weighted by atomic mass is 9.76. The predicted molar refractivity (Wildman–Crippen MR) is 137 cm³/mol. The average Bonchev–Trinajstić information content (AvgIpc) is 3.02. The number of hydrogen-bond acceptors (Lipinski definition) is 6. The smallest absolute Gasteiger partial charge is 0.360 e. The first kappa shape index (κ1) is 23.6. The summed E-state index contributed by atoms with van der Waals surface area (Å²) in [6, 6.07) is 9.17. The third-order valence-corrected chi connectivity index (χ3v) is 9.31. The number of piperidine rings is 1. The lowest BCUT2D eigenvalue weighted by Crippen LogP contribution is -2.52. The van der Waals surface area contributed by atoms with Crippen molar-refractivity contribution in [2.24, 2.45) is 17.0 Å². The van der Waals surface area contributed by atoms with E-state index in [9.17, 15) is 14.7 Å². The van der Waals surface area contributed by atoms with Gasteiger partial charge >= 0.3 is 5.97 Å². The van der Waals surface area contributed by atoms with Crippen LogP contribution >= 0.6 is 0 Å². The van der Waals surface area contributed by atoms with E-state index in [2.05, 4.69) is 15.0 Å². The number of benzene rings is 1. The van der Waals surface area contributed by atoms with Crippen LogP contribution in [-0.2, 0) is 9.63 Å². The number of carboxylic acid groups (broad SMARTS) is 1. The number of nitrogens with zero attached hydrogens (tertiary/aromatic N) is 4. The fourth-order valence-corrected chi connectivity index (χ4v) is 8.05. The van der Waals surface area contributed by atoms with Gasteiger partial charge in [-0.25, -0.2) is 9.78 Å². The third kappa shape index (κ3) is 4.13. The van der Waals surface area contributed by atoms with Gasteiger partial charge in [0.05, 0.1) is 11.0 Å². The molecule has 8 nitrogen and oxygen atoms in total. The molecule has 1 aromatic heterocycles. The largest absolute Gasteiger partial charge is 0.476 e. The van der Waals surface area contributed by atoms with Gasteiger partial charge in [-0.05, 0) is 68.9 Å². The van der Waals surface area contributed by atoms with Gasteiger partial charge in [0.2, 0.25) is 5.71 Å². The number of aromatic nitrogens is 2. The molecule has 3 heterocycles. The highest BCUT2D eigenvalue weighted by Crippen LogP contribution is 2.47. The fraction of sp³-hybridized carbons (Fsp3) is 0.643. The van der Waals surface area contributed by atoms with Gasteiger partial charge in [-0.2, -0.15) is 0 Å². The molecule has 192 valence electrons. The van der Waals surface area contributed by atoms with E-state index in [0.717, 1.165) is 30.2 Å². The number of fused-ring (bicyclic) bond motifs is 5. The maximum atomic E-state index is 13.8. The van der Waals surface area contributed by atoms with Gasteiger partial charge in [-0.3, -0.25) is 9.69 Å². The number of carboxylic acids is 1. The minimum Gasteiger partial charge on any atom is -0.476 e. The molecule has 8 heteroatoms. The van der Waals surface area contributed by atoms with Crippen molar-refractivity contribution >= 4 is 22.7 Å². The van der Waals surface area contributed by atoms with Crippen LogP contribution in [0.5, 0.6) is 0 Å². The number of para-hydroxylation sites is 2. The molecule has 4 bridgehead atoms. The van der Waals surface area contributed by atoms with Gasteiger partial charge in [0.1, 0.15) is 7.11 Å². The van der Waals surface area contributed by atoms with Gasteiger partial charge in [0.15, 0.2) is 5.69 Å². The number of aliphatic carboxylic acids is 1. The van der Waals surface area contributed by atoms with E-state index in [0.29, 0.717) is 23.6 Å². The summed E-state index contributed by atoms with van der Waals surface area (Å²) in [6.07, 6.45) is 13.9. The van der Waals surface area contributed by atoms with Crippen LogP contribution in [0, 0.1) is 11.8 Å². The number of rotatable bonds is 5. The summed E-state index contributed by atoms with van der Waals surface area (Å²) in [6.45, 7) is 0. The van der Waals surface area contributed by atoms with Crippen LogP contribution in [0.15, 0.2) is 34.2 Å². The molecule has 1 aromatic carbocycles. The fourth-order valence-electron chi connectivity index (χ4n) is 8.05. The van der Waals surface area contributed by atoms with Crippen LogP contribution in [0.3, 0.4) is 0 Å². The second-order valence-electron chi connectivity index (χ2n) is 11.4. The monoisotopic (exact) mass is 492 g/mol. The standard InChI is InChI=1S/C28H36N4O4/c1-36-30-26(28(34)35)25-27(33)32(24-9-5-4-8-23(24)29-25)22-15-19-10-11-20(16-22)31(19)21-13-17-6-2-3-7-18(12-17)14-21/h4-5,8-9,17-22H,2-3,6-7,10-16H2,1H3,(H,34,35)/b30-26-/t17-,18+,19-,20+,21?,22+. The molecule has 2 saturated heterocycles. The first-order valence-electron chi connectivity index (χ1n) is 13.7. The molecule has 1 N–H and O–H groups in total. The summed E-state index contributed by atoms with van der Waals surface area (Å²) >= 11 is 0. The van der Waals surface area contributed by atoms with E-state index in [4.69, 9.17) is 4.84 Å². The van der Waals surface area contributed by atoms with Crippen molar-refractivity contribution in [2.75, 3.05) is 7.11 Å². The van der Waals surface area contributed by atoms with Crippen molar-refractivity contribution in [2.45, 2.75) is 94.8 Å². The molecule has 4 aliphatic rings. The number of carbonyl (C=O) groups is 1. The molecule has 2 aliphatic heterocycles. The molecular formula is C28H36N4O4. The van der Waals surface area contributed by atoms with E-state index >= 15 is 0 Å². The lowest BCUT2D eigenvalue weighted by Gasteiger charge is -2.48. The summed E-state index contributed by atoms with van der Waals surface area (Å²) in [5.41, 5.74) is 0.355. The average molecular weight is 493 g/mol. The van der Waals surface area contributed by atoms with Gasteiger partial charge in [-0.15, -0.1) is 0 Å². The topological polar surface area (TPSA) is 97.0 Å². The molecule has 1 unspecified atom stereocenters. The highest BCUT2D eigenvalue weighted by atomic mass is 16.6. The van der Waals surface area contributed by atoms with Gasteiger partial charge in [-0.1, -0.05) is 43.0 Å². The highest BCUT2D eigenvalue weighted by molar-refractivity contribution is 6.41. The first-order chi connectivity index (χ1) is 17.5. The lowest BCUT2D eigenvalue weighted by molar-refractivity contribution is -0.129. The van der Waals surface area contributed by atoms with Crippen LogP contribution in [0.1, 0.15) is 82.4 Å². The third-order valence-electron chi connectivity index (χ3n) is 9.31. The van der Waals surface area contributed by atoms with Crippen LogP contribution in [0.25, 0.3) is 11.0 Å². The Labute approximate surface area is 211 Å². The number of hydrogen-bond donors (Lipinski definition) is 1. The van der Waals surface area contributed by atoms with Crippen molar-refractivity contribution in [3.63, 3.8) is 0 Å². The molecule has 2 aliphatic carbocycles. The highest BCUT2D eigenvalue weighted by Gasteiger charge is 2.47. The van der Waals surface area contributed by atoms with Crippen molar-refractivity contribution in [3.8, 4) is 0 Å². The first-order valence-corrected chi connectivity index (χ1v) is 13.7. The molecule has 2 saturated carbocycles. The van der Waals surface area contributed by atoms with Crippen molar-refractivity contribution in [1.82, 2.24) is 14.5 Å². The second kappa shape index (κ2) is 9.61.